The number of ether oxygens (including phenoxy) is 2. The van der Waals surface area contributed by atoms with Crippen LogP contribution >= 0.6 is 0 Å². The number of amides is 1. The number of hydrogen-bond donors (Lipinski definition) is 0. The molecule has 0 unspecified atom stereocenters. The molecule has 3 heterocycles. The molecule has 1 saturated heterocycles. The lowest BCUT2D eigenvalue weighted by atomic mass is 9.91. The number of carbonyl (C=O) groups is 1. The first-order valence-corrected chi connectivity index (χ1v) is 12.7. The third-order valence-corrected chi connectivity index (χ3v) is 7.55. The molecule has 1 aromatic carbocycles. The van der Waals surface area contributed by atoms with Crippen molar-refractivity contribution in [3.05, 3.63) is 47.3 Å². The SMILES string of the molecule is COc1cccc(/C=C/C(=O)N2CCc3cnc(N4CCN(C5CCC5)CC4)nc3CC2)c1OC. The lowest BCUT2D eigenvalue weighted by molar-refractivity contribution is -0.125. The van der Waals surface area contributed by atoms with Crippen LogP contribution in [-0.2, 0) is 17.6 Å². The summed E-state index contributed by atoms with van der Waals surface area (Å²) in [5, 5.41) is 0. The summed E-state index contributed by atoms with van der Waals surface area (Å²) >= 11 is 0. The molecule has 8 nitrogen and oxygen atoms in total. The Morgan fingerprint density at radius 3 is 2.54 bits per heavy atom. The maximum Gasteiger partial charge on any atom is 0.246 e. The minimum Gasteiger partial charge on any atom is -0.493 e. The van der Waals surface area contributed by atoms with E-state index in [2.05, 4.69) is 9.80 Å². The molecule has 0 atom stereocenters. The maximum atomic E-state index is 13.0. The maximum absolute atomic E-state index is 13.0. The average molecular weight is 478 g/mol. The highest BCUT2D eigenvalue weighted by molar-refractivity contribution is 5.92. The van der Waals surface area contributed by atoms with Gasteiger partial charge in [-0.3, -0.25) is 9.69 Å². The van der Waals surface area contributed by atoms with Crippen molar-refractivity contribution in [1.82, 2.24) is 19.8 Å². The third kappa shape index (κ3) is 5.12. The zero-order chi connectivity index (χ0) is 24.2. The quantitative estimate of drug-likeness (QED) is 0.593. The van der Waals surface area contributed by atoms with Crippen molar-refractivity contribution in [1.29, 1.82) is 0 Å². The van der Waals surface area contributed by atoms with Crippen LogP contribution in [-0.4, -0.2) is 85.2 Å². The first-order chi connectivity index (χ1) is 17.2. The molecule has 2 aromatic rings. The molecule has 3 aliphatic rings. The van der Waals surface area contributed by atoms with Gasteiger partial charge in [0.1, 0.15) is 0 Å². The van der Waals surface area contributed by atoms with Crippen LogP contribution in [0.4, 0.5) is 5.95 Å². The number of nitrogens with zero attached hydrogens (tertiary/aromatic N) is 5. The van der Waals surface area contributed by atoms with Gasteiger partial charge in [0.15, 0.2) is 11.5 Å². The van der Waals surface area contributed by atoms with Crippen molar-refractivity contribution in [2.75, 3.05) is 58.4 Å². The molecule has 186 valence electrons. The lowest BCUT2D eigenvalue weighted by Crippen LogP contribution is -2.52. The van der Waals surface area contributed by atoms with Crippen molar-refractivity contribution < 1.29 is 14.3 Å². The first-order valence-electron chi connectivity index (χ1n) is 12.7. The zero-order valence-electron chi connectivity index (χ0n) is 20.8. The molecule has 8 heteroatoms. The molecule has 0 N–H and O–H groups in total. The number of para-hydroxylation sites is 1. The number of benzene rings is 1. The van der Waals surface area contributed by atoms with E-state index in [1.165, 1.54) is 19.3 Å². The fourth-order valence-electron chi connectivity index (χ4n) is 5.19. The van der Waals surface area contributed by atoms with E-state index < -0.39 is 0 Å². The predicted octanol–water partition coefficient (Wildman–Crippen LogP) is 2.81. The van der Waals surface area contributed by atoms with Gasteiger partial charge in [0.25, 0.3) is 0 Å². The zero-order valence-corrected chi connectivity index (χ0v) is 20.8. The largest absolute Gasteiger partial charge is 0.493 e. The van der Waals surface area contributed by atoms with Gasteiger partial charge >= 0.3 is 0 Å². The highest BCUT2D eigenvalue weighted by Crippen LogP contribution is 2.31. The fraction of sp³-hybridized carbons (Fsp3) is 0.519. The predicted molar refractivity (Wildman–Crippen MR) is 136 cm³/mol. The van der Waals surface area contributed by atoms with Crippen LogP contribution in [0.25, 0.3) is 6.08 Å². The second-order valence-corrected chi connectivity index (χ2v) is 9.49. The van der Waals surface area contributed by atoms with E-state index in [-0.39, 0.29) is 5.91 Å². The smallest absolute Gasteiger partial charge is 0.246 e. The number of hydrogen-bond acceptors (Lipinski definition) is 7. The Balaban J connectivity index is 1.20. The summed E-state index contributed by atoms with van der Waals surface area (Å²) in [6, 6.07) is 6.44. The number of carbonyl (C=O) groups excluding carboxylic acids is 1. The van der Waals surface area contributed by atoms with Gasteiger partial charge in [0.05, 0.1) is 19.9 Å². The van der Waals surface area contributed by atoms with Crippen LogP contribution in [0.2, 0.25) is 0 Å². The Morgan fingerprint density at radius 1 is 1.03 bits per heavy atom. The minimum absolute atomic E-state index is 0.0111. The monoisotopic (exact) mass is 477 g/mol. The molecule has 35 heavy (non-hydrogen) atoms. The van der Waals surface area contributed by atoms with Gasteiger partial charge in [0.2, 0.25) is 11.9 Å². The molecular formula is C27H35N5O3. The van der Waals surface area contributed by atoms with Crippen molar-refractivity contribution in [2.24, 2.45) is 0 Å². The van der Waals surface area contributed by atoms with Gasteiger partial charge in [-0.2, -0.15) is 0 Å². The molecule has 1 aromatic heterocycles. The third-order valence-electron chi connectivity index (χ3n) is 7.55. The van der Waals surface area contributed by atoms with E-state index in [4.69, 9.17) is 19.4 Å². The standard InChI is InChI=1S/C27H35N5O3/c1-34-24-8-3-5-20(26(24)35-2)9-10-25(33)31-13-11-21-19-28-27(29-23(21)12-14-31)32-17-15-30(16-18-32)22-6-4-7-22/h3,5,8-10,19,22H,4,6-7,11-18H2,1-2H3/b10-9+. The Morgan fingerprint density at radius 2 is 1.83 bits per heavy atom. The molecule has 0 bridgehead atoms. The molecule has 5 rings (SSSR count). The van der Waals surface area contributed by atoms with Crippen LogP contribution in [0, 0.1) is 0 Å². The Kier molecular flexibility index (Phi) is 7.18. The minimum atomic E-state index is -0.0111. The van der Waals surface area contributed by atoms with Gasteiger partial charge in [-0.25, -0.2) is 9.97 Å². The summed E-state index contributed by atoms with van der Waals surface area (Å²) in [6.07, 6.45) is 11.0. The van der Waals surface area contributed by atoms with E-state index in [1.807, 2.05) is 29.3 Å². The molecule has 2 aliphatic heterocycles. The number of aromatic nitrogens is 2. The van der Waals surface area contributed by atoms with Crippen molar-refractivity contribution >= 4 is 17.9 Å². The molecule has 1 aliphatic carbocycles. The normalized spacial score (nSPS) is 19.3. The Hall–Kier alpha value is -3.13. The highest BCUT2D eigenvalue weighted by Gasteiger charge is 2.29. The highest BCUT2D eigenvalue weighted by atomic mass is 16.5. The lowest BCUT2D eigenvalue weighted by Gasteiger charge is -2.43. The summed E-state index contributed by atoms with van der Waals surface area (Å²) in [5.74, 6) is 2.09. The van der Waals surface area contributed by atoms with Crippen LogP contribution in [0.15, 0.2) is 30.5 Å². The second kappa shape index (κ2) is 10.6. The van der Waals surface area contributed by atoms with Crippen LogP contribution in [0.5, 0.6) is 11.5 Å². The summed E-state index contributed by atoms with van der Waals surface area (Å²) in [5.41, 5.74) is 3.03. The molecule has 0 spiro atoms. The first kappa shape index (κ1) is 23.6. The molecular weight excluding hydrogens is 442 g/mol. The Bertz CT molecular complexity index is 1080. The number of anilines is 1. The number of fused-ring (bicyclic) bond motifs is 1. The summed E-state index contributed by atoms with van der Waals surface area (Å²) in [6.45, 7) is 5.47. The number of piperazine rings is 1. The van der Waals surface area contributed by atoms with Gasteiger partial charge < -0.3 is 19.3 Å². The van der Waals surface area contributed by atoms with Gasteiger partial charge in [-0.05, 0) is 37.0 Å². The van der Waals surface area contributed by atoms with Gasteiger partial charge in [-0.1, -0.05) is 18.6 Å². The van der Waals surface area contributed by atoms with E-state index in [9.17, 15) is 4.79 Å². The van der Waals surface area contributed by atoms with Crippen LogP contribution in [0.3, 0.4) is 0 Å². The van der Waals surface area contributed by atoms with Crippen molar-refractivity contribution in [2.45, 2.75) is 38.1 Å². The number of rotatable bonds is 6. The number of methoxy groups -OCH3 is 2. The Labute approximate surface area is 207 Å². The summed E-state index contributed by atoms with van der Waals surface area (Å²) in [7, 11) is 3.21. The van der Waals surface area contributed by atoms with E-state index in [0.29, 0.717) is 24.6 Å². The molecule has 0 radical (unpaired) electrons. The summed E-state index contributed by atoms with van der Waals surface area (Å²) < 4.78 is 10.8. The van der Waals surface area contributed by atoms with Crippen molar-refractivity contribution in [3.63, 3.8) is 0 Å². The van der Waals surface area contributed by atoms with Gasteiger partial charge in [0, 0.05) is 69.6 Å². The molecule has 1 saturated carbocycles. The van der Waals surface area contributed by atoms with Gasteiger partial charge in [-0.15, -0.1) is 0 Å². The van der Waals surface area contributed by atoms with E-state index in [1.54, 1.807) is 26.4 Å². The van der Waals surface area contributed by atoms with E-state index in [0.717, 1.165) is 67.8 Å². The molecule has 2 fully saturated rings. The fourth-order valence-corrected chi connectivity index (χ4v) is 5.19. The summed E-state index contributed by atoms with van der Waals surface area (Å²) in [4.78, 5) is 29.4. The topological polar surface area (TPSA) is 71.0 Å². The van der Waals surface area contributed by atoms with Crippen LogP contribution in [0.1, 0.15) is 36.1 Å². The second-order valence-electron chi connectivity index (χ2n) is 9.49. The molecule has 1 amide bonds. The van der Waals surface area contributed by atoms with E-state index >= 15 is 0 Å². The van der Waals surface area contributed by atoms with Crippen LogP contribution < -0.4 is 14.4 Å². The van der Waals surface area contributed by atoms with Crippen molar-refractivity contribution in [3.8, 4) is 11.5 Å². The average Bonchev–Trinajstić information content (AvgIpc) is 3.08.